The van der Waals surface area contributed by atoms with Gasteiger partial charge in [0, 0.05) is 10.6 Å². The lowest BCUT2D eigenvalue weighted by molar-refractivity contribution is 0.00318. The molecule has 0 fully saturated rings. The second kappa shape index (κ2) is 5.39. The van der Waals surface area contributed by atoms with E-state index in [1.807, 2.05) is 37.3 Å². The first-order chi connectivity index (χ1) is 6.70. The van der Waals surface area contributed by atoms with E-state index in [1.54, 1.807) is 11.8 Å². The number of hydrogen-bond acceptors (Lipinski definition) is 3. The number of benzene rings is 1. The van der Waals surface area contributed by atoms with Crippen molar-refractivity contribution in [1.29, 1.82) is 0 Å². The standard InChI is InChI=1S/C11H16O2S/c1-2-11(13,8-12)9-14-10-6-4-3-5-7-10/h3-7,12-13H,2,8-9H2,1H3. The van der Waals surface area contributed by atoms with Gasteiger partial charge in [-0.15, -0.1) is 11.8 Å². The van der Waals surface area contributed by atoms with E-state index < -0.39 is 5.60 Å². The molecule has 0 aliphatic carbocycles. The molecule has 0 aromatic heterocycles. The molecule has 0 aliphatic rings. The van der Waals surface area contributed by atoms with E-state index in [0.717, 1.165) is 4.90 Å². The number of aliphatic hydroxyl groups is 2. The Morgan fingerprint density at radius 2 is 1.93 bits per heavy atom. The Morgan fingerprint density at radius 3 is 2.43 bits per heavy atom. The van der Waals surface area contributed by atoms with Crippen LogP contribution < -0.4 is 0 Å². The summed E-state index contributed by atoms with van der Waals surface area (Å²) in [6, 6.07) is 9.89. The Kier molecular flexibility index (Phi) is 4.45. The van der Waals surface area contributed by atoms with Crippen LogP contribution in [0.15, 0.2) is 35.2 Å². The highest BCUT2D eigenvalue weighted by Crippen LogP contribution is 2.23. The van der Waals surface area contributed by atoms with Gasteiger partial charge in [-0.25, -0.2) is 0 Å². The lowest BCUT2D eigenvalue weighted by Crippen LogP contribution is -2.35. The van der Waals surface area contributed by atoms with Crippen molar-refractivity contribution in [2.24, 2.45) is 0 Å². The van der Waals surface area contributed by atoms with Crippen molar-refractivity contribution in [2.75, 3.05) is 12.4 Å². The van der Waals surface area contributed by atoms with Crippen LogP contribution in [0.5, 0.6) is 0 Å². The van der Waals surface area contributed by atoms with Crippen molar-refractivity contribution in [2.45, 2.75) is 23.8 Å². The molecule has 1 aromatic carbocycles. The third kappa shape index (κ3) is 3.33. The molecule has 1 atom stereocenters. The van der Waals surface area contributed by atoms with E-state index in [1.165, 1.54) is 0 Å². The summed E-state index contributed by atoms with van der Waals surface area (Å²) in [6.07, 6.45) is 0.573. The van der Waals surface area contributed by atoms with Gasteiger partial charge in [-0.05, 0) is 18.6 Å². The van der Waals surface area contributed by atoms with Gasteiger partial charge in [0.2, 0.25) is 0 Å². The lowest BCUT2D eigenvalue weighted by Gasteiger charge is -2.23. The Labute approximate surface area is 89.0 Å². The molecular formula is C11H16O2S. The highest BCUT2D eigenvalue weighted by Gasteiger charge is 2.23. The van der Waals surface area contributed by atoms with Crippen LogP contribution in [0.4, 0.5) is 0 Å². The van der Waals surface area contributed by atoms with Gasteiger partial charge in [-0.2, -0.15) is 0 Å². The third-order valence-corrected chi connectivity index (χ3v) is 3.49. The van der Waals surface area contributed by atoms with E-state index in [-0.39, 0.29) is 6.61 Å². The fourth-order valence-corrected chi connectivity index (χ4v) is 2.07. The van der Waals surface area contributed by atoms with Gasteiger partial charge in [-0.3, -0.25) is 0 Å². The van der Waals surface area contributed by atoms with Crippen LogP contribution in [-0.4, -0.2) is 28.2 Å². The maximum atomic E-state index is 9.82. The Bertz CT molecular complexity index is 257. The summed E-state index contributed by atoms with van der Waals surface area (Å²) in [5.74, 6) is 0.532. The minimum atomic E-state index is -0.944. The lowest BCUT2D eigenvalue weighted by atomic mass is 10.1. The minimum absolute atomic E-state index is 0.177. The Balaban J connectivity index is 2.48. The molecule has 0 saturated heterocycles. The number of hydrogen-bond donors (Lipinski definition) is 2. The van der Waals surface area contributed by atoms with Crippen LogP contribution in [0.2, 0.25) is 0 Å². The zero-order chi connectivity index (χ0) is 10.4. The van der Waals surface area contributed by atoms with Crippen molar-refractivity contribution >= 4 is 11.8 Å². The van der Waals surface area contributed by atoms with Crippen LogP contribution >= 0.6 is 11.8 Å². The van der Waals surface area contributed by atoms with Gasteiger partial charge in [0.1, 0.15) is 0 Å². The first kappa shape index (κ1) is 11.6. The normalized spacial score (nSPS) is 15.1. The van der Waals surface area contributed by atoms with E-state index in [4.69, 9.17) is 5.11 Å². The van der Waals surface area contributed by atoms with Gasteiger partial charge in [0.05, 0.1) is 12.2 Å². The molecule has 78 valence electrons. The molecule has 2 N–H and O–H groups in total. The fourth-order valence-electron chi connectivity index (χ4n) is 0.994. The van der Waals surface area contributed by atoms with Gasteiger partial charge in [0.25, 0.3) is 0 Å². The maximum absolute atomic E-state index is 9.82. The van der Waals surface area contributed by atoms with Gasteiger partial charge in [-0.1, -0.05) is 25.1 Å². The smallest absolute Gasteiger partial charge is 0.0968 e. The van der Waals surface area contributed by atoms with Gasteiger partial charge < -0.3 is 10.2 Å². The second-order valence-corrected chi connectivity index (χ2v) is 4.39. The van der Waals surface area contributed by atoms with Crippen LogP contribution in [0.1, 0.15) is 13.3 Å². The maximum Gasteiger partial charge on any atom is 0.0968 e. The number of thioether (sulfide) groups is 1. The predicted molar refractivity (Wildman–Crippen MR) is 59.5 cm³/mol. The van der Waals surface area contributed by atoms with Crippen molar-refractivity contribution in [1.82, 2.24) is 0 Å². The second-order valence-electron chi connectivity index (χ2n) is 3.34. The average Bonchev–Trinajstić information content (AvgIpc) is 2.27. The summed E-state index contributed by atoms with van der Waals surface area (Å²) in [6.45, 7) is 1.70. The summed E-state index contributed by atoms with van der Waals surface area (Å²) in [7, 11) is 0. The van der Waals surface area contributed by atoms with Crippen LogP contribution in [0.3, 0.4) is 0 Å². The fraction of sp³-hybridized carbons (Fsp3) is 0.455. The Hall–Kier alpha value is -0.510. The third-order valence-electron chi connectivity index (χ3n) is 2.20. The summed E-state index contributed by atoms with van der Waals surface area (Å²) in [5, 5.41) is 18.8. The van der Waals surface area contributed by atoms with Crippen molar-refractivity contribution in [3.8, 4) is 0 Å². The zero-order valence-electron chi connectivity index (χ0n) is 8.31. The summed E-state index contributed by atoms with van der Waals surface area (Å²) >= 11 is 1.57. The predicted octanol–water partition coefficient (Wildman–Crippen LogP) is 1.91. The molecule has 1 aromatic rings. The molecule has 14 heavy (non-hydrogen) atoms. The molecule has 1 rings (SSSR count). The van der Waals surface area contributed by atoms with Crippen LogP contribution in [0.25, 0.3) is 0 Å². The molecular weight excluding hydrogens is 196 g/mol. The average molecular weight is 212 g/mol. The highest BCUT2D eigenvalue weighted by atomic mass is 32.2. The summed E-state index contributed by atoms with van der Waals surface area (Å²) in [5.41, 5.74) is -0.944. The monoisotopic (exact) mass is 212 g/mol. The van der Waals surface area contributed by atoms with E-state index >= 15 is 0 Å². The van der Waals surface area contributed by atoms with Crippen LogP contribution in [0, 0.1) is 0 Å². The molecule has 2 nitrogen and oxygen atoms in total. The molecule has 0 bridgehead atoms. The molecule has 0 heterocycles. The summed E-state index contributed by atoms with van der Waals surface area (Å²) in [4.78, 5) is 1.12. The number of aliphatic hydroxyl groups excluding tert-OH is 1. The SMILES string of the molecule is CCC(O)(CO)CSc1ccccc1. The van der Waals surface area contributed by atoms with E-state index in [2.05, 4.69) is 0 Å². The molecule has 0 radical (unpaired) electrons. The molecule has 0 amide bonds. The van der Waals surface area contributed by atoms with Crippen molar-refractivity contribution < 1.29 is 10.2 Å². The summed E-state index contributed by atoms with van der Waals surface area (Å²) < 4.78 is 0. The largest absolute Gasteiger partial charge is 0.393 e. The topological polar surface area (TPSA) is 40.5 Å². The van der Waals surface area contributed by atoms with Gasteiger partial charge in [0.15, 0.2) is 0 Å². The molecule has 3 heteroatoms. The molecule has 0 saturated carbocycles. The first-order valence-corrected chi connectivity index (χ1v) is 5.70. The molecule has 0 spiro atoms. The Morgan fingerprint density at radius 1 is 1.29 bits per heavy atom. The van der Waals surface area contributed by atoms with Crippen molar-refractivity contribution in [3.63, 3.8) is 0 Å². The zero-order valence-corrected chi connectivity index (χ0v) is 9.13. The van der Waals surface area contributed by atoms with E-state index in [0.29, 0.717) is 12.2 Å². The first-order valence-electron chi connectivity index (χ1n) is 4.71. The number of rotatable bonds is 5. The highest BCUT2D eigenvalue weighted by molar-refractivity contribution is 7.99. The van der Waals surface area contributed by atoms with Crippen LogP contribution in [-0.2, 0) is 0 Å². The quantitative estimate of drug-likeness (QED) is 0.732. The molecule has 0 aliphatic heterocycles. The van der Waals surface area contributed by atoms with E-state index in [9.17, 15) is 5.11 Å². The van der Waals surface area contributed by atoms with Gasteiger partial charge >= 0.3 is 0 Å². The van der Waals surface area contributed by atoms with Crippen molar-refractivity contribution in [3.05, 3.63) is 30.3 Å². The molecule has 1 unspecified atom stereocenters. The minimum Gasteiger partial charge on any atom is -0.393 e.